The molecule has 6 heteroatoms. The van der Waals surface area contributed by atoms with Gasteiger partial charge < -0.3 is 20.3 Å². The number of ether oxygens (including phenoxy) is 1. The monoisotopic (exact) mass is 417 g/mol. The van der Waals surface area contributed by atoms with Crippen molar-refractivity contribution < 1.29 is 6.16 Å². The van der Waals surface area contributed by atoms with E-state index in [4.69, 9.17) is 15.9 Å². The van der Waals surface area contributed by atoms with Gasteiger partial charge in [-0.25, -0.2) is 4.98 Å². The molecule has 0 saturated carbocycles. The normalized spacial score (nSPS) is 13.8. The molecule has 0 bridgehead atoms. The molecule has 1 aliphatic heterocycles. The van der Waals surface area contributed by atoms with Crippen LogP contribution >= 0.6 is 0 Å². The van der Waals surface area contributed by atoms with E-state index in [0.717, 1.165) is 48.0 Å². The Balaban J connectivity index is 0.00000289. The van der Waals surface area contributed by atoms with Crippen molar-refractivity contribution in [2.24, 2.45) is 0 Å². The van der Waals surface area contributed by atoms with Crippen LogP contribution in [0, 0.1) is 12.3 Å². The fourth-order valence-electron chi connectivity index (χ4n) is 3.93. The minimum Gasteiger partial charge on any atom is -0.398 e. The van der Waals surface area contributed by atoms with Crippen LogP contribution in [0.3, 0.4) is 0 Å². The predicted molar refractivity (Wildman–Crippen MR) is 130 cm³/mol. The van der Waals surface area contributed by atoms with Gasteiger partial charge in [-0.2, -0.15) is 0 Å². The van der Waals surface area contributed by atoms with Gasteiger partial charge in [-0.15, -0.1) is 0 Å². The maximum absolute atomic E-state index is 8.89. The maximum atomic E-state index is 8.89. The zero-order chi connectivity index (χ0) is 21.8. The lowest BCUT2D eigenvalue weighted by Crippen LogP contribution is -2.36. The van der Waals surface area contributed by atoms with E-state index >= 15 is 0 Å². The van der Waals surface area contributed by atoms with Crippen LogP contribution in [-0.4, -0.2) is 43.5 Å². The number of hydrogen-bond acceptors (Lipinski definition) is 6. The number of hydrogen-bond donors (Lipinski definition) is 2. The van der Waals surface area contributed by atoms with E-state index < -0.39 is 0 Å². The number of pyridine rings is 1. The number of nitrogens with one attached hydrogen (secondary N) is 1. The lowest BCUT2D eigenvalue weighted by molar-refractivity contribution is 0.122. The second-order valence-corrected chi connectivity index (χ2v) is 7.73. The molecule has 1 fully saturated rings. The molecule has 6 nitrogen and oxygen atoms in total. The third-order valence-electron chi connectivity index (χ3n) is 5.62. The summed E-state index contributed by atoms with van der Waals surface area (Å²) in [6, 6.07) is 18.2. The zero-order valence-electron chi connectivity index (χ0n) is 18.1. The Kier molecular flexibility index (Phi) is 6.18. The average molecular weight is 418 g/mol. The smallest absolute Gasteiger partial charge is 0.129 e. The summed E-state index contributed by atoms with van der Waals surface area (Å²) in [6.07, 6.45) is 1.76. The zero-order valence-corrected chi connectivity index (χ0v) is 18.1. The first-order chi connectivity index (χ1) is 15.1. The molecule has 162 valence electrons. The van der Waals surface area contributed by atoms with Crippen LogP contribution in [0.15, 0.2) is 60.8 Å². The van der Waals surface area contributed by atoms with Crippen molar-refractivity contribution in [3.05, 3.63) is 77.5 Å². The van der Waals surface area contributed by atoms with E-state index in [1.807, 2.05) is 30.3 Å². The third-order valence-corrected chi connectivity index (χ3v) is 5.62. The van der Waals surface area contributed by atoms with Crippen LogP contribution in [0.1, 0.15) is 25.0 Å². The van der Waals surface area contributed by atoms with Gasteiger partial charge in [0.15, 0.2) is 0 Å². The number of nitrogens with zero attached hydrogens (tertiary/aromatic N) is 3. The lowest BCUT2D eigenvalue weighted by Gasteiger charge is -2.28. The van der Waals surface area contributed by atoms with Crippen molar-refractivity contribution in [2.45, 2.75) is 13.8 Å². The van der Waals surface area contributed by atoms with Gasteiger partial charge in [0.2, 0.25) is 0 Å². The molecule has 0 amide bonds. The number of rotatable bonds is 6. The van der Waals surface area contributed by atoms with Crippen molar-refractivity contribution in [1.29, 1.82) is 5.41 Å². The SMILES string of the molecule is CCN(c1cccc(C)c1)c1ccc(N)c(C(=N)c2ccnc(N3CCOCC3)c2)c1.[HH]. The van der Waals surface area contributed by atoms with Gasteiger partial charge in [0, 0.05) is 55.4 Å². The minimum atomic E-state index is 0. The first kappa shape index (κ1) is 20.9. The Hall–Kier alpha value is -3.38. The summed E-state index contributed by atoms with van der Waals surface area (Å²) in [4.78, 5) is 8.92. The third kappa shape index (κ3) is 4.54. The standard InChI is InChI=1S/C25H29N5O.H2/c1-3-30(20-6-4-5-18(2)15-20)21-7-8-23(26)22(17-21)25(27)19-9-10-28-24(16-19)29-11-13-31-14-12-29;/h4-10,15-17,27H,3,11-14,26H2,1-2H3;1H. The first-order valence-corrected chi connectivity index (χ1v) is 10.7. The van der Waals surface area contributed by atoms with Gasteiger partial charge in [-0.05, 0) is 61.9 Å². The van der Waals surface area contributed by atoms with Crippen LogP contribution in [0.2, 0.25) is 0 Å². The van der Waals surface area contributed by atoms with E-state index in [1.165, 1.54) is 5.56 Å². The highest BCUT2D eigenvalue weighted by Gasteiger charge is 2.17. The molecular formula is C25H31N5O. The van der Waals surface area contributed by atoms with Gasteiger partial charge in [-0.1, -0.05) is 12.1 Å². The number of nitrogen functional groups attached to an aromatic ring is 1. The molecule has 0 atom stereocenters. The Labute approximate surface area is 185 Å². The Morgan fingerprint density at radius 2 is 1.90 bits per heavy atom. The summed E-state index contributed by atoms with van der Waals surface area (Å²) in [5.41, 5.74) is 12.2. The van der Waals surface area contributed by atoms with Crippen LogP contribution in [0.4, 0.5) is 22.9 Å². The molecule has 0 aliphatic carbocycles. The summed E-state index contributed by atoms with van der Waals surface area (Å²) in [6.45, 7) is 8.05. The van der Waals surface area contributed by atoms with E-state index in [1.54, 1.807) is 6.20 Å². The molecular weight excluding hydrogens is 386 g/mol. The van der Waals surface area contributed by atoms with Gasteiger partial charge in [0.25, 0.3) is 0 Å². The molecule has 2 heterocycles. The summed E-state index contributed by atoms with van der Waals surface area (Å²) in [5, 5.41) is 8.89. The molecule has 0 spiro atoms. The number of morpholine rings is 1. The predicted octanol–water partition coefficient (Wildman–Crippen LogP) is 4.63. The fourth-order valence-corrected chi connectivity index (χ4v) is 3.93. The van der Waals surface area contributed by atoms with Crippen molar-refractivity contribution >= 4 is 28.6 Å². The highest BCUT2D eigenvalue weighted by Crippen LogP contribution is 2.30. The van der Waals surface area contributed by atoms with Crippen LogP contribution in [0.25, 0.3) is 0 Å². The first-order valence-electron chi connectivity index (χ1n) is 10.7. The molecule has 0 unspecified atom stereocenters. The van der Waals surface area contributed by atoms with Crippen molar-refractivity contribution in [2.75, 3.05) is 48.4 Å². The van der Waals surface area contributed by atoms with E-state index in [9.17, 15) is 0 Å². The quantitative estimate of drug-likeness (QED) is 0.452. The summed E-state index contributed by atoms with van der Waals surface area (Å²) >= 11 is 0. The minimum absolute atomic E-state index is 0. The lowest BCUT2D eigenvalue weighted by atomic mass is 10.00. The molecule has 3 N–H and O–H groups in total. The fraction of sp³-hybridized carbons (Fsp3) is 0.280. The number of anilines is 4. The molecule has 31 heavy (non-hydrogen) atoms. The van der Waals surface area contributed by atoms with Crippen LogP contribution in [0.5, 0.6) is 0 Å². The second kappa shape index (κ2) is 9.18. The molecule has 0 radical (unpaired) electrons. The topological polar surface area (TPSA) is 78.5 Å². The van der Waals surface area contributed by atoms with Gasteiger partial charge in [-0.3, -0.25) is 5.41 Å². The number of aryl methyl sites for hydroxylation is 1. The van der Waals surface area contributed by atoms with Crippen molar-refractivity contribution in [3.8, 4) is 0 Å². The van der Waals surface area contributed by atoms with Gasteiger partial charge in [0.1, 0.15) is 5.82 Å². The number of aromatic nitrogens is 1. The Morgan fingerprint density at radius 3 is 2.65 bits per heavy atom. The van der Waals surface area contributed by atoms with Crippen LogP contribution in [-0.2, 0) is 4.74 Å². The van der Waals surface area contributed by atoms with E-state index in [0.29, 0.717) is 24.6 Å². The number of nitrogens with two attached hydrogens (primary N) is 1. The molecule has 4 rings (SSSR count). The maximum Gasteiger partial charge on any atom is 0.129 e. The van der Waals surface area contributed by atoms with Crippen molar-refractivity contribution in [1.82, 2.24) is 4.98 Å². The van der Waals surface area contributed by atoms with E-state index in [2.05, 4.69) is 52.9 Å². The number of benzene rings is 2. The Bertz CT molecular complexity index is 1080. The molecule has 1 aliphatic rings. The summed E-state index contributed by atoms with van der Waals surface area (Å²) in [7, 11) is 0. The van der Waals surface area contributed by atoms with Gasteiger partial charge in [0.05, 0.1) is 18.9 Å². The molecule has 1 saturated heterocycles. The van der Waals surface area contributed by atoms with Crippen LogP contribution < -0.4 is 15.5 Å². The highest BCUT2D eigenvalue weighted by atomic mass is 16.5. The molecule has 1 aromatic heterocycles. The van der Waals surface area contributed by atoms with Crippen molar-refractivity contribution in [3.63, 3.8) is 0 Å². The van der Waals surface area contributed by atoms with E-state index in [-0.39, 0.29) is 1.43 Å². The Morgan fingerprint density at radius 1 is 1.13 bits per heavy atom. The second-order valence-electron chi connectivity index (χ2n) is 7.73. The molecule has 2 aromatic carbocycles. The summed E-state index contributed by atoms with van der Waals surface area (Å²) < 4.78 is 5.44. The average Bonchev–Trinajstić information content (AvgIpc) is 2.81. The van der Waals surface area contributed by atoms with Gasteiger partial charge >= 0.3 is 0 Å². The largest absolute Gasteiger partial charge is 0.398 e. The summed E-state index contributed by atoms with van der Waals surface area (Å²) in [5.74, 6) is 0.871. The molecule has 3 aromatic rings. The highest BCUT2D eigenvalue weighted by molar-refractivity contribution is 6.14.